The summed E-state index contributed by atoms with van der Waals surface area (Å²) in [6.07, 6.45) is 1.28. The number of aromatic nitrogens is 1. The van der Waals surface area contributed by atoms with E-state index < -0.39 is 75.9 Å². The third-order valence-corrected chi connectivity index (χ3v) is 7.11. The molecule has 1 aromatic carbocycles. The Morgan fingerprint density at radius 1 is 1.25 bits per heavy atom. The van der Waals surface area contributed by atoms with Crippen LogP contribution in [0.15, 0.2) is 23.1 Å². The molecule has 36 heavy (non-hydrogen) atoms. The minimum absolute atomic E-state index is 0.0946. The number of hydrogen-bond donors (Lipinski definition) is 3. The molecule has 3 atom stereocenters. The van der Waals surface area contributed by atoms with Gasteiger partial charge in [0.15, 0.2) is 17.0 Å². The van der Waals surface area contributed by atoms with Gasteiger partial charge in [-0.25, -0.2) is 18.0 Å². The van der Waals surface area contributed by atoms with Crippen LogP contribution < -0.4 is 16.1 Å². The summed E-state index contributed by atoms with van der Waals surface area (Å²) in [5, 5.41) is 15.5. The van der Waals surface area contributed by atoms with Crippen molar-refractivity contribution >= 4 is 17.9 Å². The third-order valence-electron chi connectivity index (χ3n) is 7.11. The zero-order chi connectivity index (χ0) is 25.9. The fraction of sp³-hybridized carbons (Fsp3) is 0.391. The number of aromatic hydroxyl groups is 1. The molecule has 2 aromatic rings. The normalized spacial score (nSPS) is 24.7. The second-order valence-corrected chi connectivity index (χ2v) is 9.18. The lowest BCUT2D eigenvalue weighted by Crippen LogP contribution is -2.53. The largest absolute Gasteiger partial charge is 0.503 e. The fourth-order valence-corrected chi connectivity index (χ4v) is 5.12. The number of halogens is 3. The van der Waals surface area contributed by atoms with E-state index in [1.54, 1.807) is 6.92 Å². The summed E-state index contributed by atoms with van der Waals surface area (Å²) in [5.74, 6) is -6.26. The molecule has 190 valence electrons. The van der Waals surface area contributed by atoms with Crippen molar-refractivity contribution in [2.75, 3.05) is 13.1 Å². The van der Waals surface area contributed by atoms with Gasteiger partial charge < -0.3 is 29.9 Å². The van der Waals surface area contributed by atoms with Crippen molar-refractivity contribution in [1.82, 2.24) is 20.1 Å². The number of hydrogen-bond acceptors (Lipinski definition) is 6. The maximum atomic E-state index is 14.0. The maximum Gasteiger partial charge on any atom is 0.407 e. The molecule has 0 radical (unpaired) electrons. The first-order chi connectivity index (χ1) is 17.0. The minimum Gasteiger partial charge on any atom is -0.503 e. The molecule has 0 unspecified atom stereocenters. The van der Waals surface area contributed by atoms with Gasteiger partial charge in [-0.2, -0.15) is 0 Å². The van der Waals surface area contributed by atoms with Crippen molar-refractivity contribution < 1.29 is 37.4 Å². The summed E-state index contributed by atoms with van der Waals surface area (Å²) < 4.78 is 48.0. The number of benzene rings is 1. The molecular formula is C23H21F3N4O6. The lowest BCUT2D eigenvalue weighted by atomic mass is 9.88. The van der Waals surface area contributed by atoms with Crippen LogP contribution in [-0.4, -0.2) is 57.2 Å². The molecule has 2 bridgehead atoms. The molecule has 2 saturated heterocycles. The fourth-order valence-electron chi connectivity index (χ4n) is 5.12. The van der Waals surface area contributed by atoms with Crippen LogP contribution in [0.1, 0.15) is 52.2 Å². The predicted octanol–water partition coefficient (Wildman–Crippen LogP) is 1.56. The molecular weight excluding hydrogens is 485 g/mol. The van der Waals surface area contributed by atoms with E-state index in [0.717, 1.165) is 6.20 Å². The summed E-state index contributed by atoms with van der Waals surface area (Å²) in [6.45, 7) is 1.30. The van der Waals surface area contributed by atoms with Gasteiger partial charge in [0, 0.05) is 43.0 Å². The van der Waals surface area contributed by atoms with E-state index in [1.165, 1.54) is 9.47 Å². The molecule has 13 heteroatoms. The highest BCUT2D eigenvalue weighted by molar-refractivity contribution is 5.99. The number of carbonyl (C=O) groups is 3. The number of amides is 3. The Morgan fingerprint density at radius 3 is 2.58 bits per heavy atom. The topological polar surface area (TPSA) is 130 Å². The van der Waals surface area contributed by atoms with E-state index in [1.807, 2.05) is 0 Å². The maximum absolute atomic E-state index is 14.0. The number of nitrogens with zero attached hydrogens (tertiary/aromatic N) is 2. The highest BCUT2D eigenvalue weighted by Crippen LogP contribution is 2.43. The van der Waals surface area contributed by atoms with Crippen molar-refractivity contribution in [3.63, 3.8) is 0 Å². The van der Waals surface area contributed by atoms with Gasteiger partial charge in [-0.15, -0.1) is 0 Å². The Kier molecular flexibility index (Phi) is 5.45. The van der Waals surface area contributed by atoms with Crippen LogP contribution in [0.4, 0.5) is 18.0 Å². The van der Waals surface area contributed by atoms with Crippen LogP contribution in [0.3, 0.4) is 0 Å². The number of alkyl carbamates (subject to hydrolysis) is 1. The average molecular weight is 506 g/mol. The van der Waals surface area contributed by atoms with E-state index in [9.17, 15) is 37.5 Å². The van der Waals surface area contributed by atoms with Crippen molar-refractivity contribution in [2.24, 2.45) is 0 Å². The minimum atomic E-state index is -1.23. The van der Waals surface area contributed by atoms with Gasteiger partial charge in [-0.3, -0.25) is 14.4 Å². The Bertz CT molecular complexity index is 1360. The molecule has 1 spiro atoms. The highest BCUT2D eigenvalue weighted by Gasteiger charge is 2.54. The molecule has 3 amide bonds. The standard InChI is InChI=1S/C23H21F3N4O6/c1-10-2-3-23(9-28-22(35)36-23)16-8-29(10)21(34)17-19(32)18(31)13(7-30(16)17)20(33)27-6-12-14(25)4-11(24)5-15(12)26/h4-5,7,10,16,32H,2-3,6,8-9H2,1H3,(H,27,33)(H,28,35)/t10-,16+,23+/m0/s1. The van der Waals surface area contributed by atoms with Crippen molar-refractivity contribution in [3.8, 4) is 5.75 Å². The van der Waals surface area contributed by atoms with E-state index >= 15 is 0 Å². The van der Waals surface area contributed by atoms with E-state index in [-0.39, 0.29) is 24.8 Å². The third kappa shape index (κ3) is 3.57. The first kappa shape index (κ1) is 23.7. The molecule has 0 aliphatic carbocycles. The van der Waals surface area contributed by atoms with Gasteiger partial charge in [0.2, 0.25) is 5.43 Å². The lowest BCUT2D eigenvalue weighted by molar-refractivity contribution is -0.00199. The monoisotopic (exact) mass is 506 g/mol. The number of ether oxygens (including phenoxy) is 1. The van der Waals surface area contributed by atoms with Crippen LogP contribution >= 0.6 is 0 Å². The van der Waals surface area contributed by atoms with Gasteiger partial charge in [0.05, 0.1) is 12.6 Å². The number of nitrogens with one attached hydrogen (secondary N) is 2. The molecule has 0 saturated carbocycles. The summed E-state index contributed by atoms with van der Waals surface area (Å²) in [7, 11) is 0. The van der Waals surface area contributed by atoms with Crippen molar-refractivity contribution in [3.05, 3.63) is 62.8 Å². The quantitative estimate of drug-likeness (QED) is 0.580. The molecule has 3 aliphatic heterocycles. The Labute approximate surface area is 201 Å². The molecule has 4 heterocycles. The first-order valence-corrected chi connectivity index (χ1v) is 11.2. The number of carbonyl (C=O) groups excluding carboxylic acids is 3. The lowest BCUT2D eigenvalue weighted by Gasteiger charge is -2.41. The smallest absolute Gasteiger partial charge is 0.407 e. The zero-order valence-corrected chi connectivity index (χ0v) is 18.9. The average Bonchev–Trinajstić information content (AvgIpc) is 3.14. The molecule has 3 aliphatic rings. The SMILES string of the molecule is C[C@H]1CC[C@@]2(CNC(=O)O2)[C@H]2CN1C(=O)c1c(O)c(=O)c(C(=O)NCc3c(F)cc(F)cc3F)cn12. The van der Waals surface area contributed by atoms with Crippen LogP contribution in [0.2, 0.25) is 0 Å². The summed E-state index contributed by atoms with van der Waals surface area (Å²) in [5.41, 5.74) is -3.83. The Balaban J connectivity index is 1.55. The highest BCUT2D eigenvalue weighted by atomic mass is 19.1. The molecule has 10 nitrogen and oxygen atoms in total. The second-order valence-electron chi connectivity index (χ2n) is 9.18. The van der Waals surface area contributed by atoms with Crippen molar-refractivity contribution in [2.45, 2.75) is 44.0 Å². The molecule has 2 fully saturated rings. The van der Waals surface area contributed by atoms with Gasteiger partial charge >= 0.3 is 6.09 Å². The Hall–Kier alpha value is -4.03. The van der Waals surface area contributed by atoms with Crippen LogP contribution in [0.5, 0.6) is 5.75 Å². The zero-order valence-electron chi connectivity index (χ0n) is 18.9. The number of pyridine rings is 1. The second kappa shape index (κ2) is 8.28. The van der Waals surface area contributed by atoms with E-state index in [2.05, 4.69) is 10.6 Å². The van der Waals surface area contributed by atoms with Gasteiger partial charge in [-0.1, -0.05) is 0 Å². The Morgan fingerprint density at radius 2 is 1.94 bits per heavy atom. The van der Waals surface area contributed by atoms with Crippen LogP contribution in [0.25, 0.3) is 0 Å². The number of fused-ring (bicyclic) bond motifs is 5. The van der Waals surface area contributed by atoms with Gasteiger partial charge in [0.25, 0.3) is 11.8 Å². The molecule has 1 aromatic heterocycles. The summed E-state index contributed by atoms with van der Waals surface area (Å²) >= 11 is 0. The number of rotatable bonds is 3. The van der Waals surface area contributed by atoms with Crippen LogP contribution in [-0.2, 0) is 11.3 Å². The molecule has 3 N–H and O–H groups in total. The van der Waals surface area contributed by atoms with Gasteiger partial charge in [-0.05, 0) is 19.8 Å². The summed E-state index contributed by atoms with van der Waals surface area (Å²) in [6, 6.07) is -0.111. The first-order valence-electron chi connectivity index (χ1n) is 11.2. The van der Waals surface area contributed by atoms with Crippen LogP contribution in [0, 0.1) is 17.5 Å². The van der Waals surface area contributed by atoms with Gasteiger partial charge in [0.1, 0.15) is 23.0 Å². The van der Waals surface area contributed by atoms with E-state index in [4.69, 9.17) is 4.74 Å². The van der Waals surface area contributed by atoms with E-state index in [0.29, 0.717) is 25.0 Å². The molecule has 5 rings (SSSR count). The van der Waals surface area contributed by atoms with Crippen molar-refractivity contribution in [1.29, 1.82) is 0 Å². The predicted molar refractivity (Wildman–Crippen MR) is 116 cm³/mol. The summed E-state index contributed by atoms with van der Waals surface area (Å²) in [4.78, 5) is 52.4.